The van der Waals surface area contributed by atoms with E-state index in [9.17, 15) is 14.4 Å². The Morgan fingerprint density at radius 3 is 2.71 bits per heavy atom. The summed E-state index contributed by atoms with van der Waals surface area (Å²) >= 11 is 2.59. The van der Waals surface area contributed by atoms with Crippen LogP contribution in [0.3, 0.4) is 0 Å². The first-order valence-electron chi connectivity index (χ1n) is 10.3. The van der Waals surface area contributed by atoms with E-state index in [-0.39, 0.29) is 23.5 Å². The molecule has 1 aromatic rings. The molecule has 1 N–H and O–H groups in total. The molecule has 3 heterocycles. The monoisotopic (exact) mass is 461 g/mol. The second-order valence-electron chi connectivity index (χ2n) is 7.92. The summed E-state index contributed by atoms with van der Waals surface area (Å²) in [7, 11) is 3.08. The molecular weight excluding hydrogens is 436 g/mol. The Morgan fingerprint density at radius 2 is 2.03 bits per heavy atom. The van der Waals surface area contributed by atoms with Gasteiger partial charge in [-0.3, -0.25) is 9.59 Å². The molecule has 1 atom stereocenters. The molecule has 164 valence electrons. The van der Waals surface area contributed by atoms with Crippen LogP contribution in [0.5, 0.6) is 0 Å². The van der Waals surface area contributed by atoms with Gasteiger partial charge in [0.2, 0.25) is 11.7 Å². The van der Waals surface area contributed by atoms with Gasteiger partial charge in [0.1, 0.15) is 5.04 Å². The number of anilines is 1. The van der Waals surface area contributed by atoms with Crippen LogP contribution in [-0.4, -0.2) is 68.9 Å². The highest BCUT2D eigenvalue weighted by atomic mass is 32.2. The van der Waals surface area contributed by atoms with Crippen molar-refractivity contribution in [2.45, 2.75) is 39.0 Å². The molecule has 3 aliphatic rings. The number of fused-ring (bicyclic) bond motifs is 1. The molecule has 0 bridgehead atoms. The van der Waals surface area contributed by atoms with Crippen molar-refractivity contribution < 1.29 is 19.0 Å². The predicted molar refractivity (Wildman–Crippen MR) is 122 cm³/mol. The maximum Gasteiger partial charge on any atom is 0.445 e. The summed E-state index contributed by atoms with van der Waals surface area (Å²) in [4.78, 5) is 52.6. The van der Waals surface area contributed by atoms with Gasteiger partial charge >= 0.3 is 11.9 Å². The van der Waals surface area contributed by atoms with Gasteiger partial charge in [-0.2, -0.15) is 9.48 Å². The van der Waals surface area contributed by atoms with Crippen molar-refractivity contribution in [1.82, 2.24) is 9.88 Å². The molecule has 0 aromatic carbocycles. The van der Waals surface area contributed by atoms with E-state index in [0.29, 0.717) is 21.8 Å². The first kappa shape index (κ1) is 21.8. The highest BCUT2D eigenvalue weighted by molar-refractivity contribution is 8.14. The number of amidine groups is 2. The number of nitrogens with zero attached hydrogens (tertiary/aromatic N) is 5. The molecule has 1 aliphatic carbocycles. The van der Waals surface area contributed by atoms with E-state index in [1.165, 1.54) is 41.1 Å². The van der Waals surface area contributed by atoms with Gasteiger partial charge in [0.05, 0.1) is 25.5 Å². The van der Waals surface area contributed by atoms with Crippen molar-refractivity contribution >= 4 is 62.8 Å². The van der Waals surface area contributed by atoms with Crippen LogP contribution in [0.2, 0.25) is 0 Å². The Labute approximate surface area is 188 Å². The fourth-order valence-electron chi connectivity index (χ4n) is 3.96. The minimum atomic E-state index is -0.764. The lowest BCUT2D eigenvalue weighted by atomic mass is 9.88. The normalized spacial score (nSPS) is 22.3. The van der Waals surface area contributed by atoms with Crippen LogP contribution in [0, 0.1) is 18.8 Å². The molecule has 1 unspecified atom stereocenters. The fourth-order valence-corrected chi connectivity index (χ4v) is 5.54. The number of imide groups is 1. The topological polar surface area (TPSA) is 107 Å². The molecular formula is C20H25N6O3S2+. The zero-order chi connectivity index (χ0) is 22.1. The highest BCUT2D eigenvalue weighted by Crippen LogP contribution is 2.31. The van der Waals surface area contributed by atoms with Gasteiger partial charge in [0, 0.05) is 11.3 Å². The molecule has 4 rings (SSSR count). The molecule has 31 heavy (non-hydrogen) atoms. The van der Waals surface area contributed by atoms with Crippen LogP contribution in [0.1, 0.15) is 37.8 Å². The molecule has 0 radical (unpaired) electrons. The van der Waals surface area contributed by atoms with Crippen molar-refractivity contribution in [1.29, 1.82) is 0 Å². The van der Waals surface area contributed by atoms with E-state index in [1.807, 2.05) is 12.3 Å². The van der Waals surface area contributed by atoms with E-state index < -0.39 is 11.9 Å². The first-order valence-corrected chi connectivity index (χ1v) is 12.2. The van der Waals surface area contributed by atoms with Crippen LogP contribution in [0.15, 0.2) is 15.4 Å². The summed E-state index contributed by atoms with van der Waals surface area (Å²) in [6.07, 6.45) is 5.42. The number of rotatable bonds is 4. The Hall–Kier alpha value is -2.40. The van der Waals surface area contributed by atoms with Crippen molar-refractivity contribution in [2.24, 2.45) is 21.8 Å². The molecule has 1 fully saturated rings. The Kier molecular flexibility index (Phi) is 6.33. The Balaban J connectivity index is 1.59. The number of hydrogen-bond acceptors (Lipinski definition) is 8. The lowest BCUT2D eigenvalue weighted by Gasteiger charge is -2.28. The zero-order valence-corrected chi connectivity index (χ0v) is 19.4. The number of aryl methyl sites for hydroxylation is 1. The maximum atomic E-state index is 12.9. The number of nitrogens with one attached hydrogen (secondary N) is 1. The molecule has 2 aliphatic heterocycles. The number of thiazole rings is 1. The van der Waals surface area contributed by atoms with E-state index in [4.69, 9.17) is 4.99 Å². The minimum Gasteiger partial charge on any atom is -0.301 e. The van der Waals surface area contributed by atoms with E-state index in [0.717, 1.165) is 36.3 Å². The third-order valence-electron chi connectivity index (χ3n) is 5.64. The molecule has 1 saturated carbocycles. The average Bonchev–Trinajstić information content (AvgIpc) is 3.19. The summed E-state index contributed by atoms with van der Waals surface area (Å²) in [6, 6.07) is -0.411. The summed E-state index contributed by atoms with van der Waals surface area (Å²) in [5, 5.41) is 5.71. The molecule has 0 saturated heterocycles. The van der Waals surface area contributed by atoms with Gasteiger partial charge in [-0.1, -0.05) is 36.0 Å². The third kappa shape index (κ3) is 4.47. The maximum absolute atomic E-state index is 12.9. The number of thioether (sulfide) groups is 1. The minimum absolute atomic E-state index is 0.0911. The smallest absolute Gasteiger partial charge is 0.301 e. The van der Waals surface area contributed by atoms with Gasteiger partial charge < -0.3 is 5.32 Å². The summed E-state index contributed by atoms with van der Waals surface area (Å²) < 4.78 is 1.42. The zero-order valence-electron chi connectivity index (χ0n) is 17.8. The Bertz CT molecular complexity index is 1020. The van der Waals surface area contributed by atoms with Crippen molar-refractivity contribution in [3.05, 3.63) is 11.1 Å². The molecule has 1 aromatic heterocycles. The van der Waals surface area contributed by atoms with Gasteiger partial charge in [0.15, 0.2) is 11.0 Å². The number of hydrogen-bond donors (Lipinski definition) is 1. The molecule has 0 spiro atoms. The standard InChI is InChI=1S/C20H24N6O3S2/c1-11-9-31-19(21-11)22-13(27)10-30-17-14-16(25(2)20(29)26(3)18(14)28)23-15(24-17)12-7-5-4-6-8-12/h9,12,14H,4-8,10H2,1-3H3/p+1. The number of carbonyl (C=O) groups is 3. The quantitative estimate of drug-likeness (QED) is 0.694. The third-order valence-corrected chi connectivity index (χ3v) is 7.55. The van der Waals surface area contributed by atoms with Crippen molar-refractivity contribution in [3.63, 3.8) is 0 Å². The fraction of sp³-hybridized carbons (Fsp3) is 0.550. The highest BCUT2D eigenvalue weighted by Gasteiger charge is 2.49. The van der Waals surface area contributed by atoms with Crippen LogP contribution in [0.25, 0.3) is 0 Å². The first-order chi connectivity index (χ1) is 14.8. The van der Waals surface area contributed by atoms with Crippen LogP contribution < -0.4 is 5.32 Å². The lowest BCUT2D eigenvalue weighted by molar-refractivity contribution is -0.407. The van der Waals surface area contributed by atoms with E-state index in [1.54, 1.807) is 7.05 Å². The summed E-state index contributed by atoms with van der Waals surface area (Å²) in [5.41, 5.74) is 0.848. The second-order valence-corrected chi connectivity index (χ2v) is 9.77. The number of aliphatic imine (C=N–C) groups is 2. The summed E-state index contributed by atoms with van der Waals surface area (Å²) in [5.74, 6) is 0.0261. The van der Waals surface area contributed by atoms with E-state index in [2.05, 4.69) is 15.3 Å². The lowest BCUT2D eigenvalue weighted by Crippen LogP contribution is -2.55. The van der Waals surface area contributed by atoms with E-state index >= 15 is 0 Å². The molecule has 4 amide bonds. The number of urea groups is 1. The van der Waals surface area contributed by atoms with Crippen LogP contribution in [-0.2, 0) is 9.59 Å². The summed E-state index contributed by atoms with van der Waals surface area (Å²) in [6.45, 7) is 1.87. The number of amides is 4. The van der Waals surface area contributed by atoms with Gasteiger partial charge in [-0.15, -0.1) is 11.3 Å². The second kappa shape index (κ2) is 8.99. The predicted octanol–water partition coefficient (Wildman–Crippen LogP) is 2.76. The van der Waals surface area contributed by atoms with Crippen LogP contribution >= 0.6 is 23.1 Å². The van der Waals surface area contributed by atoms with Crippen molar-refractivity contribution in [2.75, 3.05) is 25.2 Å². The largest absolute Gasteiger partial charge is 0.445 e. The van der Waals surface area contributed by atoms with Gasteiger partial charge in [0.25, 0.3) is 5.84 Å². The molecule has 11 heteroatoms. The molecule has 9 nitrogen and oxygen atoms in total. The number of aromatic nitrogens is 1. The SMILES string of the molecule is Cc1csc(NC(=O)CSC2=NC(C3CCCCC3)=NC3=[N+](C)C(=O)N(C)C(=O)C23)n1. The Morgan fingerprint density at radius 1 is 1.29 bits per heavy atom. The average molecular weight is 462 g/mol. The van der Waals surface area contributed by atoms with Gasteiger partial charge in [-0.05, 0) is 19.8 Å². The van der Waals surface area contributed by atoms with Crippen LogP contribution in [0.4, 0.5) is 9.93 Å². The van der Waals surface area contributed by atoms with Gasteiger partial charge in [-0.25, -0.2) is 14.8 Å². The number of carbonyl (C=O) groups excluding carboxylic acids is 3. The van der Waals surface area contributed by atoms with Crippen molar-refractivity contribution in [3.8, 4) is 0 Å².